The summed E-state index contributed by atoms with van der Waals surface area (Å²) in [6.07, 6.45) is -0.300. The minimum atomic E-state index is -0.863. The quantitative estimate of drug-likeness (QED) is 0.691. The summed E-state index contributed by atoms with van der Waals surface area (Å²) in [5.74, 6) is -3.75. The maximum Gasteiger partial charge on any atom is 0.410 e. The number of esters is 1. The number of hydrogen-bond donors (Lipinski definition) is 1. The van der Waals surface area contributed by atoms with E-state index in [1.807, 2.05) is 0 Å². The highest BCUT2D eigenvalue weighted by molar-refractivity contribution is 5.93. The van der Waals surface area contributed by atoms with Gasteiger partial charge in [-0.05, 0) is 39.3 Å². The Balaban J connectivity index is 1.71. The molecular weight excluding hydrogens is 440 g/mol. The molecule has 0 unspecified atom stereocenters. The summed E-state index contributed by atoms with van der Waals surface area (Å²) in [7, 11) is 1.22. The fraction of sp³-hybridized carbons (Fsp3) is 0.455. The number of amides is 2. The molecule has 0 radical (unpaired) electrons. The molecule has 1 aromatic heterocycles. The molecule has 2 amide bonds. The molecule has 1 N–H and O–H groups in total. The lowest BCUT2D eigenvalue weighted by atomic mass is 9.92. The molecule has 2 aromatic rings. The third kappa shape index (κ3) is 5.85. The van der Waals surface area contributed by atoms with Crippen LogP contribution in [0.25, 0.3) is 11.3 Å². The first-order valence-electron chi connectivity index (χ1n) is 10.3. The molecule has 1 aliphatic rings. The second-order valence-corrected chi connectivity index (χ2v) is 8.63. The van der Waals surface area contributed by atoms with E-state index in [0.717, 1.165) is 6.07 Å². The molecule has 9 nitrogen and oxygen atoms in total. The summed E-state index contributed by atoms with van der Waals surface area (Å²) in [4.78, 5) is 38.8. The van der Waals surface area contributed by atoms with Crippen molar-refractivity contribution in [2.24, 2.45) is 5.92 Å². The second kappa shape index (κ2) is 9.55. The van der Waals surface area contributed by atoms with Gasteiger partial charge in [0.15, 0.2) is 11.5 Å². The van der Waals surface area contributed by atoms with E-state index in [4.69, 9.17) is 14.0 Å². The molecule has 11 heteroatoms. The largest absolute Gasteiger partial charge is 0.469 e. The van der Waals surface area contributed by atoms with E-state index in [9.17, 15) is 23.2 Å². The van der Waals surface area contributed by atoms with Crippen molar-refractivity contribution in [3.8, 4) is 11.3 Å². The molecule has 178 valence electrons. The van der Waals surface area contributed by atoms with Gasteiger partial charge in [-0.1, -0.05) is 5.16 Å². The Hall–Kier alpha value is -3.50. The Morgan fingerprint density at radius 3 is 2.58 bits per heavy atom. The zero-order chi connectivity index (χ0) is 24.3. The zero-order valence-corrected chi connectivity index (χ0v) is 18.7. The van der Waals surface area contributed by atoms with Crippen LogP contribution in [0.5, 0.6) is 0 Å². The number of carbonyl (C=O) groups excluding carboxylic acids is 3. The molecule has 2 heterocycles. The van der Waals surface area contributed by atoms with Gasteiger partial charge >= 0.3 is 12.1 Å². The molecule has 0 aliphatic carbocycles. The van der Waals surface area contributed by atoms with E-state index in [1.165, 1.54) is 24.1 Å². The number of methoxy groups -OCH3 is 1. The topological polar surface area (TPSA) is 111 Å². The highest BCUT2D eigenvalue weighted by Gasteiger charge is 2.39. The lowest BCUT2D eigenvalue weighted by Gasteiger charge is -2.37. The monoisotopic (exact) mass is 465 g/mol. The van der Waals surface area contributed by atoms with Crippen LogP contribution in [-0.2, 0) is 14.3 Å². The van der Waals surface area contributed by atoms with E-state index >= 15 is 0 Å². The number of hydrogen-bond acceptors (Lipinski definition) is 7. The van der Waals surface area contributed by atoms with Crippen molar-refractivity contribution in [1.82, 2.24) is 15.4 Å². The minimum absolute atomic E-state index is 0.00259. The van der Waals surface area contributed by atoms with Gasteiger partial charge in [-0.15, -0.1) is 0 Å². The summed E-state index contributed by atoms with van der Waals surface area (Å²) in [6, 6.07) is 3.49. The number of likely N-dealkylation sites (tertiary alicyclic amines) is 1. The predicted octanol–water partition coefficient (Wildman–Crippen LogP) is 3.15. The van der Waals surface area contributed by atoms with Gasteiger partial charge in [0, 0.05) is 31.3 Å². The first-order chi connectivity index (χ1) is 15.5. The van der Waals surface area contributed by atoms with Crippen molar-refractivity contribution in [3.63, 3.8) is 0 Å². The van der Waals surface area contributed by atoms with Crippen LogP contribution in [0.2, 0.25) is 0 Å². The van der Waals surface area contributed by atoms with Gasteiger partial charge < -0.3 is 24.2 Å². The highest BCUT2D eigenvalue weighted by Crippen LogP contribution is 2.25. The van der Waals surface area contributed by atoms with Crippen molar-refractivity contribution in [1.29, 1.82) is 0 Å². The van der Waals surface area contributed by atoms with Gasteiger partial charge in [0.25, 0.3) is 5.91 Å². The average molecular weight is 465 g/mol. The maximum atomic E-state index is 14.0. The number of nitrogens with one attached hydrogen (secondary N) is 1. The van der Waals surface area contributed by atoms with E-state index in [2.05, 4.69) is 10.5 Å². The van der Waals surface area contributed by atoms with Crippen LogP contribution in [0.4, 0.5) is 13.6 Å². The van der Waals surface area contributed by atoms with Crippen LogP contribution in [0.1, 0.15) is 37.7 Å². The number of piperidine rings is 1. The SMILES string of the molecule is COC(=O)[C@H]1CN(C(=O)OC(C)(C)C)CC[C@@H]1NC(=O)c1cc(-c2ccc(F)cc2F)on1. The van der Waals surface area contributed by atoms with E-state index in [0.29, 0.717) is 6.07 Å². The zero-order valence-electron chi connectivity index (χ0n) is 18.7. The molecule has 3 rings (SSSR count). The van der Waals surface area contributed by atoms with Crippen molar-refractivity contribution in [2.75, 3.05) is 20.2 Å². The molecule has 1 aliphatic heterocycles. The molecule has 0 saturated carbocycles. The molecular formula is C22H25F2N3O6. The average Bonchev–Trinajstić information content (AvgIpc) is 3.22. The van der Waals surface area contributed by atoms with E-state index < -0.39 is 47.2 Å². The lowest BCUT2D eigenvalue weighted by molar-refractivity contribution is -0.148. The van der Waals surface area contributed by atoms with Crippen molar-refractivity contribution < 1.29 is 37.2 Å². The van der Waals surface area contributed by atoms with Gasteiger partial charge in [0.1, 0.15) is 17.2 Å². The number of aromatic nitrogens is 1. The minimum Gasteiger partial charge on any atom is -0.469 e. The van der Waals surface area contributed by atoms with Crippen molar-refractivity contribution in [3.05, 3.63) is 41.6 Å². The Morgan fingerprint density at radius 1 is 1.21 bits per heavy atom. The molecule has 33 heavy (non-hydrogen) atoms. The number of benzene rings is 1. The summed E-state index contributed by atoms with van der Waals surface area (Å²) in [5, 5.41) is 6.35. The van der Waals surface area contributed by atoms with E-state index in [1.54, 1.807) is 20.8 Å². The van der Waals surface area contributed by atoms with Gasteiger partial charge in [0.2, 0.25) is 0 Å². The number of nitrogens with zero attached hydrogens (tertiary/aromatic N) is 2. The summed E-state index contributed by atoms with van der Waals surface area (Å²) >= 11 is 0. The third-order valence-electron chi connectivity index (χ3n) is 5.02. The predicted molar refractivity (Wildman–Crippen MR) is 111 cm³/mol. The molecule has 1 aromatic carbocycles. The van der Waals surface area contributed by atoms with Gasteiger partial charge in [0.05, 0.1) is 18.6 Å². The van der Waals surface area contributed by atoms with Crippen LogP contribution in [0.15, 0.2) is 28.8 Å². The van der Waals surface area contributed by atoms with Crippen molar-refractivity contribution >= 4 is 18.0 Å². The Morgan fingerprint density at radius 2 is 1.94 bits per heavy atom. The molecule has 1 saturated heterocycles. The number of halogens is 2. The lowest BCUT2D eigenvalue weighted by Crippen LogP contribution is -2.55. The summed E-state index contributed by atoms with van der Waals surface area (Å²) < 4.78 is 42.3. The fourth-order valence-corrected chi connectivity index (χ4v) is 3.45. The first-order valence-corrected chi connectivity index (χ1v) is 10.3. The smallest absolute Gasteiger partial charge is 0.410 e. The maximum absolute atomic E-state index is 14.0. The molecule has 0 bridgehead atoms. The van der Waals surface area contributed by atoms with Gasteiger partial charge in [-0.2, -0.15) is 0 Å². The number of ether oxygens (including phenoxy) is 2. The molecule has 2 atom stereocenters. The fourth-order valence-electron chi connectivity index (χ4n) is 3.45. The summed E-state index contributed by atoms with van der Waals surface area (Å²) in [5.41, 5.74) is -0.898. The molecule has 0 spiro atoms. The van der Waals surface area contributed by atoms with E-state index in [-0.39, 0.29) is 36.5 Å². The highest BCUT2D eigenvalue weighted by atomic mass is 19.1. The normalized spacial score (nSPS) is 18.5. The molecule has 1 fully saturated rings. The number of carbonyl (C=O) groups is 3. The van der Waals surface area contributed by atoms with Crippen molar-refractivity contribution in [2.45, 2.75) is 38.8 Å². The Kier molecular flexibility index (Phi) is 6.99. The summed E-state index contributed by atoms with van der Waals surface area (Å²) in [6.45, 7) is 5.45. The third-order valence-corrected chi connectivity index (χ3v) is 5.02. The standard InChI is InChI=1S/C22H25F2N3O6/c1-22(2,3)32-21(30)27-8-7-16(14(11-27)20(29)31-4)25-19(28)17-10-18(33-26-17)13-6-5-12(23)9-15(13)24/h5-6,9-10,14,16H,7-8,11H2,1-4H3,(H,25,28)/t14-,16-/m0/s1. The Bertz CT molecular complexity index is 1050. The van der Waals surface area contributed by atoms with Gasteiger partial charge in [-0.25, -0.2) is 13.6 Å². The first kappa shape index (κ1) is 24.1. The van der Waals surface area contributed by atoms with Gasteiger partial charge in [-0.3, -0.25) is 9.59 Å². The van der Waals surface area contributed by atoms with Crippen LogP contribution >= 0.6 is 0 Å². The van der Waals surface area contributed by atoms with Crippen LogP contribution in [-0.4, -0.2) is 59.9 Å². The van der Waals surface area contributed by atoms with Crippen LogP contribution in [0.3, 0.4) is 0 Å². The van der Waals surface area contributed by atoms with Crippen LogP contribution < -0.4 is 5.32 Å². The Labute approximate surface area is 189 Å². The number of rotatable bonds is 4. The van der Waals surface area contributed by atoms with Crippen LogP contribution in [0, 0.1) is 17.6 Å². The second-order valence-electron chi connectivity index (χ2n) is 8.63.